The Balaban J connectivity index is 4.37. The number of carbonyl (C=O) groups excluding carboxylic acids is 2. The molecule has 0 aliphatic heterocycles. The lowest BCUT2D eigenvalue weighted by atomic mass is 10.0. The fraction of sp³-hybridized carbons (Fsp3) is 0.780. The highest BCUT2D eigenvalue weighted by Gasteiger charge is 2.28. The fourth-order valence-corrected chi connectivity index (χ4v) is 7.51. The highest BCUT2D eigenvalue weighted by molar-refractivity contribution is 7.47. The number of carbonyl (C=O) groups is 3. The van der Waals surface area contributed by atoms with Crippen LogP contribution < -0.4 is 5.73 Å². The predicted molar refractivity (Wildman–Crippen MR) is 255 cm³/mol. The van der Waals surface area contributed by atoms with Gasteiger partial charge in [-0.05, 0) is 44.9 Å². The molecule has 5 N–H and O–H groups in total. The van der Waals surface area contributed by atoms with E-state index in [0.717, 1.165) is 25.7 Å². The largest absolute Gasteiger partial charge is 0.480 e. The lowest BCUT2D eigenvalue weighted by molar-refractivity contribution is -0.161. The Morgan fingerprint density at radius 1 is 0.571 bits per heavy atom. The molecule has 0 saturated carbocycles. The van der Waals surface area contributed by atoms with Crippen molar-refractivity contribution in [2.45, 2.75) is 231 Å². The monoisotopic (exact) mass is 912 g/mol. The molecule has 1 unspecified atom stereocenters. The number of unbranched alkanes of at least 4 members (excludes halogenated alkanes) is 24. The number of carboxylic acids is 1. The Morgan fingerprint density at radius 2 is 1.05 bits per heavy atom. The molecule has 4 atom stereocenters. The van der Waals surface area contributed by atoms with E-state index in [1.807, 2.05) is 36.5 Å². The maximum Gasteiger partial charge on any atom is 0.472 e. The molecule has 0 heterocycles. The number of carboxylic acid groups (broad SMARTS) is 1. The summed E-state index contributed by atoms with van der Waals surface area (Å²) < 4.78 is 32.7. The van der Waals surface area contributed by atoms with Gasteiger partial charge in [-0.1, -0.05) is 204 Å². The van der Waals surface area contributed by atoms with E-state index in [-0.39, 0.29) is 19.4 Å². The zero-order chi connectivity index (χ0) is 46.5. The molecule has 0 rings (SSSR count). The lowest BCUT2D eigenvalue weighted by Gasteiger charge is -2.20. The maximum absolute atomic E-state index is 12.6. The van der Waals surface area contributed by atoms with Crippen molar-refractivity contribution in [3.8, 4) is 0 Å². The normalized spacial score (nSPS) is 14.5. The average Bonchev–Trinajstić information content (AvgIpc) is 3.26. The summed E-state index contributed by atoms with van der Waals surface area (Å²) in [6.07, 6.45) is 47.8. The number of nitrogens with two attached hydrogens (primary N) is 1. The standard InChI is InChI=1S/C50H90NO11P/c1-3-5-7-9-11-12-13-14-15-16-17-18-19-20-21-22-23-24-28-32-36-40-48(53)59-42-46(43-60-63(57,58)61-44-47(51)50(55)56)62-49(54)41-37-33-29-25-27-31-35-39-45(52)38-34-30-26-10-8-6-4-2/h25-26,29-31,34-35,38,45-47,52H,3-24,27-28,32-33,36-37,39-44,51H2,1-2H3,(H,55,56)(H,57,58)/b29-25+,30-26-,35-31-,38-34-/t45-,46+,47-/m0/s1. The Labute approximate surface area is 382 Å². The van der Waals surface area contributed by atoms with E-state index in [1.165, 1.54) is 128 Å². The average molecular weight is 912 g/mol. The number of ether oxygens (including phenoxy) is 2. The van der Waals surface area contributed by atoms with Crippen LogP contribution in [-0.2, 0) is 37.5 Å². The molecule has 366 valence electrons. The fourth-order valence-electron chi connectivity index (χ4n) is 6.73. The smallest absolute Gasteiger partial charge is 0.472 e. The number of aliphatic carboxylic acids is 1. The van der Waals surface area contributed by atoms with Gasteiger partial charge in [0.05, 0.1) is 19.3 Å². The first kappa shape index (κ1) is 60.4. The van der Waals surface area contributed by atoms with Crippen molar-refractivity contribution >= 4 is 25.7 Å². The van der Waals surface area contributed by atoms with Crippen LogP contribution in [0.1, 0.15) is 213 Å². The second kappa shape index (κ2) is 44.6. The molecular formula is C50H90NO11P. The van der Waals surface area contributed by atoms with Gasteiger partial charge in [-0.3, -0.25) is 23.4 Å². The number of phosphoric ester groups is 1. The van der Waals surface area contributed by atoms with Crippen LogP contribution in [0.3, 0.4) is 0 Å². The molecule has 0 aliphatic rings. The van der Waals surface area contributed by atoms with Crippen LogP contribution in [-0.4, -0.2) is 71.1 Å². The molecular weight excluding hydrogens is 822 g/mol. The van der Waals surface area contributed by atoms with Gasteiger partial charge in [-0.15, -0.1) is 0 Å². The van der Waals surface area contributed by atoms with E-state index in [1.54, 1.807) is 6.08 Å². The Hall–Kier alpha value is -2.60. The van der Waals surface area contributed by atoms with Crippen molar-refractivity contribution in [1.29, 1.82) is 0 Å². The van der Waals surface area contributed by atoms with Gasteiger partial charge in [-0.25, -0.2) is 4.57 Å². The highest BCUT2D eigenvalue weighted by atomic mass is 31.2. The minimum Gasteiger partial charge on any atom is -0.480 e. The SMILES string of the molecule is CCCCC/C=C\C=C/[C@H](O)C/C=C\C/C=C/CCCC(=O)O[C@H](COC(=O)CCCCCCCCCCCCCCCCCCCCCCC)COP(=O)(O)OC[C@H](N)C(=O)O. The van der Waals surface area contributed by atoms with Gasteiger partial charge < -0.3 is 30.3 Å². The van der Waals surface area contributed by atoms with Crippen LogP contribution in [0.15, 0.2) is 48.6 Å². The third kappa shape index (κ3) is 44.4. The quantitative estimate of drug-likeness (QED) is 0.0149. The second-order valence-corrected chi connectivity index (χ2v) is 18.3. The van der Waals surface area contributed by atoms with Crippen molar-refractivity contribution in [3.63, 3.8) is 0 Å². The summed E-state index contributed by atoms with van der Waals surface area (Å²) in [5, 5.41) is 19.0. The molecule has 12 nitrogen and oxygen atoms in total. The first-order chi connectivity index (χ1) is 30.5. The summed E-state index contributed by atoms with van der Waals surface area (Å²) in [6, 6.07) is -1.54. The number of esters is 2. The second-order valence-electron chi connectivity index (χ2n) is 16.8. The van der Waals surface area contributed by atoms with Gasteiger partial charge in [-0.2, -0.15) is 0 Å². The minimum atomic E-state index is -4.75. The van der Waals surface area contributed by atoms with Crippen LogP contribution in [0.25, 0.3) is 0 Å². The van der Waals surface area contributed by atoms with Gasteiger partial charge in [0.1, 0.15) is 12.6 Å². The molecule has 0 aliphatic carbocycles. The summed E-state index contributed by atoms with van der Waals surface area (Å²) in [7, 11) is -4.75. The summed E-state index contributed by atoms with van der Waals surface area (Å²) in [5.41, 5.74) is 5.34. The van der Waals surface area contributed by atoms with Gasteiger partial charge in [0, 0.05) is 12.8 Å². The van der Waals surface area contributed by atoms with E-state index in [4.69, 9.17) is 24.8 Å². The van der Waals surface area contributed by atoms with Crippen molar-refractivity contribution in [3.05, 3.63) is 48.6 Å². The molecule has 0 fully saturated rings. The van der Waals surface area contributed by atoms with Crippen molar-refractivity contribution in [1.82, 2.24) is 0 Å². The minimum absolute atomic E-state index is 0.0520. The molecule has 0 saturated heterocycles. The van der Waals surface area contributed by atoms with E-state index in [9.17, 15) is 28.9 Å². The number of aliphatic hydroxyl groups excluding tert-OH is 1. The molecule has 63 heavy (non-hydrogen) atoms. The molecule has 0 radical (unpaired) electrons. The van der Waals surface area contributed by atoms with Crippen molar-refractivity contribution in [2.24, 2.45) is 5.73 Å². The molecule has 0 aromatic rings. The summed E-state index contributed by atoms with van der Waals surface area (Å²) >= 11 is 0. The Bertz CT molecular complexity index is 1270. The van der Waals surface area contributed by atoms with Crippen LogP contribution in [0, 0.1) is 0 Å². The third-order valence-electron chi connectivity index (χ3n) is 10.7. The van der Waals surface area contributed by atoms with Gasteiger partial charge in [0.25, 0.3) is 0 Å². The van der Waals surface area contributed by atoms with E-state index in [2.05, 4.69) is 24.4 Å². The molecule has 0 spiro atoms. The Morgan fingerprint density at radius 3 is 1.60 bits per heavy atom. The number of aliphatic hydroxyl groups is 1. The van der Waals surface area contributed by atoms with Gasteiger partial charge in [0.15, 0.2) is 6.10 Å². The lowest BCUT2D eigenvalue weighted by Crippen LogP contribution is -2.34. The predicted octanol–water partition coefficient (Wildman–Crippen LogP) is 12.7. The zero-order valence-corrected chi connectivity index (χ0v) is 40.4. The van der Waals surface area contributed by atoms with Gasteiger partial charge >= 0.3 is 25.7 Å². The van der Waals surface area contributed by atoms with E-state index in [0.29, 0.717) is 32.1 Å². The van der Waals surface area contributed by atoms with Crippen LogP contribution in [0.5, 0.6) is 0 Å². The topological polar surface area (TPSA) is 192 Å². The van der Waals surface area contributed by atoms with Crippen LogP contribution >= 0.6 is 7.82 Å². The summed E-state index contributed by atoms with van der Waals surface area (Å²) in [6.45, 7) is 2.66. The van der Waals surface area contributed by atoms with Crippen LogP contribution in [0.4, 0.5) is 0 Å². The van der Waals surface area contributed by atoms with E-state index < -0.39 is 57.2 Å². The summed E-state index contributed by atoms with van der Waals surface area (Å²) in [5.74, 6) is -2.49. The number of hydrogen-bond donors (Lipinski definition) is 4. The van der Waals surface area contributed by atoms with Gasteiger partial charge in [0.2, 0.25) is 0 Å². The Kier molecular flexibility index (Phi) is 42.8. The number of phosphoric acid groups is 1. The molecule has 0 amide bonds. The van der Waals surface area contributed by atoms with Crippen LogP contribution in [0.2, 0.25) is 0 Å². The van der Waals surface area contributed by atoms with E-state index >= 15 is 0 Å². The number of hydrogen-bond acceptors (Lipinski definition) is 10. The molecule has 0 aromatic heterocycles. The maximum atomic E-state index is 12.6. The molecule has 0 aromatic carbocycles. The number of allylic oxidation sites excluding steroid dienone is 6. The first-order valence-electron chi connectivity index (χ1n) is 24.8. The summed E-state index contributed by atoms with van der Waals surface area (Å²) in [4.78, 5) is 46.1. The zero-order valence-electron chi connectivity index (χ0n) is 39.5. The van der Waals surface area contributed by atoms with Crippen molar-refractivity contribution in [2.75, 3.05) is 19.8 Å². The number of rotatable bonds is 46. The molecule has 13 heteroatoms. The third-order valence-corrected chi connectivity index (χ3v) is 11.6. The van der Waals surface area contributed by atoms with Crippen molar-refractivity contribution < 1.29 is 52.6 Å². The molecule has 0 bridgehead atoms. The highest BCUT2D eigenvalue weighted by Crippen LogP contribution is 2.43. The first-order valence-corrected chi connectivity index (χ1v) is 26.3.